The molecule has 0 aliphatic carbocycles. The number of hydrogen-bond acceptors (Lipinski definition) is 3. The van der Waals surface area contributed by atoms with Crippen molar-refractivity contribution in [2.75, 3.05) is 6.54 Å². The van der Waals surface area contributed by atoms with Gasteiger partial charge in [0.1, 0.15) is 0 Å². The molecule has 0 bridgehead atoms. The molecule has 84 valence electrons. The van der Waals surface area contributed by atoms with Gasteiger partial charge < -0.3 is 15.5 Å². The summed E-state index contributed by atoms with van der Waals surface area (Å²) in [4.78, 5) is 10.6. The van der Waals surface area contributed by atoms with E-state index in [1.807, 2.05) is 6.92 Å². The lowest BCUT2D eigenvalue weighted by Crippen LogP contribution is -2.36. The topological polar surface area (TPSA) is 69.6 Å². The Bertz CT molecular complexity index is 171. The monoisotopic (exact) mass is 203 g/mol. The van der Waals surface area contributed by atoms with Crippen LogP contribution in [-0.2, 0) is 4.79 Å². The van der Waals surface area contributed by atoms with Crippen LogP contribution in [0.5, 0.6) is 0 Å². The van der Waals surface area contributed by atoms with Gasteiger partial charge >= 0.3 is 5.97 Å². The maximum absolute atomic E-state index is 10.6. The molecule has 0 amide bonds. The van der Waals surface area contributed by atoms with E-state index in [-0.39, 0.29) is 18.1 Å². The van der Waals surface area contributed by atoms with Crippen LogP contribution in [0.4, 0.5) is 0 Å². The van der Waals surface area contributed by atoms with Crippen molar-refractivity contribution in [1.29, 1.82) is 0 Å². The summed E-state index contributed by atoms with van der Waals surface area (Å²) in [6.07, 6.45) is 1.35. The van der Waals surface area contributed by atoms with Gasteiger partial charge in [-0.15, -0.1) is 0 Å². The first-order valence-electron chi connectivity index (χ1n) is 5.09. The molecule has 3 unspecified atom stereocenters. The molecule has 3 atom stereocenters. The first kappa shape index (κ1) is 13.4. The van der Waals surface area contributed by atoms with Gasteiger partial charge in [0.05, 0.1) is 12.0 Å². The number of nitrogens with one attached hydrogen (secondary N) is 1. The van der Waals surface area contributed by atoms with E-state index in [0.29, 0.717) is 0 Å². The lowest BCUT2D eigenvalue weighted by Gasteiger charge is -2.17. The van der Waals surface area contributed by atoms with E-state index in [4.69, 9.17) is 10.2 Å². The molecule has 0 saturated heterocycles. The number of carboxylic acids is 1. The van der Waals surface area contributed by atoms with Crippen LogP contribution in [0.25, 0.3) is 0 Å². The van der Waals surface area contributed by atoms with Crippen molar-refractivity contribution < 1.29 is 15.0 Å². The molecular formula is C10H21NO3. The minimum atomic E-state index is -0.777. The highest BCUT2D eigenvalue weighted by molar-refractivity contribution is 5.70. The number of hydrogen-bond donors (Lipinski definition) is 3. The first-order chi connectivity index (χ1) is 6.45. The molecule has 0 aliphatic rings. The second-order valence-corrected chi connectivity index (χ2v) is 3.86. The van der Waals surface area contributed by atoms with Gasteiger partial charge in [0, 0.05) is 6.04 Å². The Morgan fingerprint density at radius 1 is 1.36 bits per heavy atom. The maximum atomic E-state index is 10.6. The fraction of sp³-hybridized carbons (Fsp3) is 0.900. The third kappa shape index (κ3) is 5.94. The minimum absolute atomic E-state index is 0.0264. The number of aliphatic hydroxyl groups is 1. The van der Waals surface area contributed by atoms with Gasteiger partial charge in [-0.1, -0.05) is 6.92 Å². The fourth-order valence-electron chi connectivity index (χ4n) is 1.12. The molecule has 0 radical (unpaired) electrons. The molecule has 0 saturated carbocycles. The molecule has 4 heteroatoms. The number of aliphatic carboxylic acids is 1. The third-order valence-electron chi connectivity index (χ3n) is 2.40. The van der Waals surface area contributed by atoms with Crippen molar-refractivity contribution in [2.24, 2.45) is 5.92 Å². The van der Waals surface area contributed by atoms with E-state index < -0.39 is 5.97 Å². The molecule has 0 aromatic heterocycles. The van der Waals surface area contributed by atoms with Crippen LogP contribution in [0, 0.1) is 5.92 Å². The smallest absolute Gasteiger partial charge is 0.307 e. The van der Waals surface area contributed by atoms with Crippen LogP contribution >= 0.6 is 0 Å². The minimum Gasteiger partial charge on any atom is -0.481 e. The lowest BCUT2D eigenvalue weighted by molar-refractivity contribution is -0.141. The molecule has 4 nitrogen and oxygen atoms in total. The summed E-state index contributed by atoms with van der Waals surface area (Å²) in [5.41, 5.74) is 0. The zero-order valence-corrected chi connectivity index (χ0v) is 9.16. The molecule has 0 aromatic carbocycles. The second-order valence-electron chi connectivity index (χ2n) is 3.86. The van der Waals surface area contributed by atoms with E-state index in [2.05, 4.69) is 5.32 Å². The van der Waals surface area contributed by atoms with Crippen LogP contribution in [0.1, 0.15) is 33.6 Å². The molecule has 0 heterocycles. The average molecular weight is 203 g/mol. The van der Waals surface area contributed by atoms with E-state index >= 15 is 0 Å². The summed E-state index contributed by atoms with van der Waals surface area (Å²) < 4.78 is 0. The van der Waals surface area contributed by atoms with Gasteiger partial charge in [0.15, 0.2) is 0 Å². The molecule has 0 aliphatic heterocycles. The third-order valence-corrected chi connectivity index (χ3v) is 2.40. The molecule has 0 spiro atoms. The van der Waals surface area contributed by atoms with Crippen LogP contribution in [0.3, 0.4) is 0 Å². The van der Waals surface area contributed by atoms with Crippen LogP contribution in [0.15, 0.2) is 0 Å². The molecule has 14 heavy (non-hydrogen) atoms. The Labute approximate surface area is 85.3 Å². The molecule has 3 N–H and O–H groups in total. The van der Waals surface area contributed by atoms with Gasteiger partial charge in [-0.25, -0.2) is 0 Å². The summed E-state index contributed by atoms with van der Waals surface area (Å²) >= 11 is 0. The molecule has 0 rings (SSSR count). The van der Waals surface area contributed by atoms with Crippen LogP contribution in [-0.4, -0.2) is 34.9 Å². The Balaban J connectivity index is 3.53. The van der Waals surface area contributed by atoms with E-state index in [9.17, 15) is 4.79 Å². The molecule has 0 fully saturated rings. The Morgan fingerprint density at radius 3 is 2.36 bits per heavy atom. The van der Waals surface area contributed by atoms with Crippen LogP contribution in [0.2, 0.25) is 0 Å². The zero-order valence-electron chi connectivity index (χ0n) is 9.16. The Kier molecular flexibility index (Phi) is 6.49. The van der Waals surface area contributed by atoms with Gasteiger partial charge in [0.25, 0.3) is 0 Å². The highest BCUT2D eigenvalue weighted by Crippen LogP contribution is 2.02. The van der Waals surface area contributed by atoms with Crippen molar-refractivity contribution in [2.45, 2.75) is 45.8 Å². The van der Waals surface area contributed by atoms with Gasteiger partial charge in [-0.3, -0.25) is 4.79 Å². The second kappa shape index (κ2) is 6.79. The first-order valence-corrected chi connectivity index (χ1v) is 5.09. The average Bonchev–Trinajstić information content (AvgIpc) is 2.10. The maximum Gasteiger partial charge on any atom is 0.307 e. The summed E-state index contributed by atoms with van der Waals surface area (Å²) in [6.45, 7) is 6.06. The lowest BCUT2D eigenvalue weighted by atomic mass is 10.0. The predicted octanol–water partition coefficient (Wildman–Crippen LogP) is 0.846. The van der Waals surface area contributed by atoms with E-state index in [0.717, 1.165) is 19.4 Å². The normalized spacial score (nSPS) is 17.4. The summed E-state index contributed by atoms with van der Waals surface area (Å²) in [7, 11) is 0. The largest absolute Gasteiger partial charge is 0.481 e. The van der Waals surface area contributed by atoms with Gasteiger partial charge in [0.2, 0.25) is 0 Å². The van der Waals surface area contributed by atoms with Gasteiger partial charge in [-0.05, 0) is 33.2 Å². The van der Waals surface area contributed by atoms with Crippen molar-refractivity contribution in [3.05, 3.63) is 0 Å². The number of carbonyl (C=O) groups is 1. The standard InChI is InChI=1S/C10H21NO3/c1-7(12)5-4-6-11-9(3)8(2)10(13)14/h7-9,11-12H,4-6H2,1-3H3,(H,13,14). The quantitative estimate of drug-likeness (QED) is 0.536. The van der Waals surface area contributed by atoms with Crippen molar-refractivity contribution in [3.8, 4) is 0 Å². The Hall–Kier alpha value is -0.610. The molecule has 0 aromatic rings. The van der Waals surface area contributed by atoms with Crippen molar-refractivity contribution in [1.82, 2.24) is 5.32 Å². The SMILES string of the molecule is CC(O)CCCNC(C)C(C)C(=O)O. The van der Waals surface area contributed by atoms with Gasteiger partial charge in [-0.2, -0.15) is 0 Å². The highest BCUT2D eigenvalue weighted by atomic mass is 16.4. The number of rotatable bonds is 7. The summed E-state index contributed by atoms with van der Waals surface area (Å²) in [5, 5.41) is 20.8. The number of aliphatic hydroxyl groups excluding tert-OH is 1. The van der Waals surface area contributed by atoms with E-state index in [1.165, 1.54) is 0 Å². The predicted molar refractivity (Wildman–Crippen MR) is 55.2 cm³/mol. The fourth-order valence-corrected chi connectivity index (χ4v) is 1.12. The van der Waals surface area contributed by atoms with Crippen LogP contribution < -0.4 is 5.32 Å². The highest BCUT2D eigenvalue weighted by Gasteiger charge is 2.18. The Morgan fingerprint density at radius 2 is 1.93 bits per heavy atom. The summed E-state index contributed by atoms with van der Waals surface area (Å²) in [5.74, 6) is -1.15. The molecular weight excluding hydrogens is 182 g/mol. The van der Waals surface area contributed by atoms with Crippen molar-refractivity contribution >= 4 is 5.97 Å². The zero-order chi connectivity index (χ0) is 11.1. The number of carboxylic acid groups (broad SMARTS) is 1. The van der Waals surface area contributed by atoms with Crippen molar-refractivity contribution in [3.63, 3.8) is 0 Å². The van der Waals surface area contributed by atoms with E-state index in [1.54, 1.807) is 13.8 Å². The summed E-state index contributed by atoms with van der Waals surface area (Å²) in [6, 6.07) is -0.0264.